The first-order chi connectivity index (χ1) is 14.5. The number of methoxy groups -OCH3 is 2. The molecule has 3 aromatic carbocycles. The standard InChI is InChI=1S/C23H22INO5/c1-4-29-22-20(24)12-15(13-21(22)28-3)23(26)25-16-8-10-17(11-9-16)30-19-7-5-6-18(14-19)27-2/h5-14H,4H2,1-3H3,(H,25,26). The molecule has 0 aliphatic carbocycles. The molecule has 0 aliphatic heterocycles. The van der Waals surface area contributed by atoms with Crippen LogP contribution in [0.1, 0.15) is 17.3 Å². The number of carbonyl (C=O) groups excluding carboxylic acids is 1. The molecule has 0 unspecified atom stereocenters. The lowest BCUT2D eigenvalue weighted by atomic mass is 10.1. The van der Waals surface area contributed by atoms with E-state index in [-0.39, 0.29) is 5.91 Å². The van der Waals surface area contributed by atoms with Crippen molar-refractivity contribution in [3.8, 4) is 28.7 Å². The van der Waals surface area contributed by atoms with Crippen molar-refractivity contribution in [3.63, 3.8) is 0 Å². The minimum atomic E-state index is -0.240. The number of hydrogen-bond donors (Lipinski definition) is 1. The quantitative estimate of drug-likeness (QED) is 0.384. The zero-order valence-corrected chi connectivity index (χ0v) is 19.1. The normalized spacial score (nSPS) is 10.3. The van der Waals surface area contributed by atoms with Gasteiger partial charge < -0.3 is 24.3 Å². The largest absolute Gasteiger partial charge is 0.497 e. The van der Waals surface area contributed by atoms with Gasteiger partial charge in [-0.2, -0.15) is 0 Å². The maximum atomic E-state index is 12.7. The second kappa shape index (κ2) is 10.2. The molecule has 3 rings (SSSR count). The second-order valence-electron chi connectivity index (χ2n) is 6.18. The van der Waals surface area contributed by atoms with Gasteiger partial charge in [0.15, 0.2) is 11.5 Å². The summed E-state index contributed by atoms with van der Waals surface area (Å²) in [5.41, 5.74) is 1.14. The van der Waals surface area contributed by atoms with Crippen LogP contribution in [0.2, 0.25) is 0 Å². The van der Waals surface area contributed by atoms with Crippen molar-refractivity contribution in [2.45, 2.75) is 6.92 Å². The number of carbonyl (C=O) groups is 1. The molecule has 0 fully saturated rings. The van der Waals surface area contributed by atoms with Crippen LogP contribution >= 0.6 is 22.6 Å². The summed E-state index contributed by atoms with van der Waals surface area (Å²) in [6, 6.07) is 17.9. The van der Waals surface area contributed by atoms with E-state index in [0.29, 0.717) is 40.9 Å². The van der Waals surface area contributed by atoms with Crippen molar-refractivity contribution in [2.24, 2.45) is 0 Å². The molecular weight excluding hydrogens is 497 g/mol. The summed E-state index contributed by atoms with van der Waals surface area (Å²) in [7, 11) is 3.16. The highest BCUT2D eigenvalue weighted by atomic mass is 127. The van der Waals surface area contributed by atoms with E-state index in [0.717, 1.165) is 9.32 Å². The number of anilines is 1. The molecule has 1 amide bonds. The lowest BCUT2D eigenvalue weighted by Crippen LogP contribution is -2.12. The number of amides is 1. The highest BCUT2D eigenvalue weighted by molar-refractivity contribution is 14.1. The van der Waals surface area contributed by atoms with Gasteiger partial charge in [0, 0.05) is 17.3 Å². The van der Waals surface area contributed by atoms with Gasteiger partial charge in [-0.3, -0.25) is 4.79 Å². The molecule has 0 aromatic heterocycles. The first-order valence-corrected chi connectivity index (χ1v) is 10.4. The van der Waals surface area contributed by atoms with Crippen LogP contribution in [0.3, 0.4) is 0 Å². The predicted octanol–water partition coefficient (Wildman–Crippen LogP) is 5.75. The van der Waals surface area contributed by atoms with Crippen LogP contribution in [-0.4, -0.2) is 26.7 Å². The number of ether oxygens (including phenoxy) is 4. The Morgan fingerprint density at radius 3 is 2.33 bits per heavy atom. The third-order valence-corrected chi connectivity index (χ3v) is 4.97. The fourth-order valence-corrected chi connectivity index (χ4v) is 3.50. The average Bonchev–Trinajstić information content (AvgIpc) is 2.76. The van der Waals surface area contributed by atoms with E-state index in [9.17, 15) is 4.79 Å². The van der Waals surface area contributed by atoms with E-state index in [4.69, 9.17) is 18.9 Å². The van der Waals surface area contributed by atoms with Crippen molar-refractivity contribution < 1.29 is 23.7 Å². The fraction of sp³-hybridized carbons (Fsp3) is 0.174. The van der Waals surface area contributed by atoms with Gasteiger partial charge in [0.1, 0.15) is 17.2 Å². The van der Waals surface area contributed by atoms with Crippen LogP contribution in [0.4, 0.5) is 5.69 Å². The van der Waals surface area contributed by atoms with Crippen LogP contribution in [0.25, 0.3) is 0 Å². The Morgan fingerprint density at radius 1 is 0.933 bits per heavy atom. The van der Waals surface area contributed by atoms with E-state index in [1.165, 1.54) is 0 Å². The van der Waals surface area contributed by atoms with Gasteiger partial charge in [-0.25, -0.2) is 0 Å². The lowest BCUT2D eigenvalue weighted by molar-refractivity contribution is 0.102. The molecule has 1 N–H and O–H groups in total. The maximum absolute atomic E-state index is 12.7. The predicted molar refractivity (Wildman–Crippen MR) is 124 cm³/mol. The van der Waals surface area contributed by atoms with Crippen LogP contribution in [-0.2, 0) is 0 Å². The topological polar surface area (TPSA) is 66.0 Å². The first-order valence-electron chi connectivity index (χ1n) is 9.27. The van der Waals surface area contributed by atoms with E-state index in [1.54, 1.807) is 56.7 Å². The average molecular weight is 519 g/mol. The smallest absolute Gasteiger partial charge is 0.255 e. The minimum absolute atomic E-state index is 0.240. The molecule has 0 radical (unpaired) electrons. The Balaban J connectivity index is 1.70. The molecule has 0 aliphatic rings. The number of hydrogen-bond acceptors (Lipinski definition) is 5. The van der Waals surface area contributed by atoms with Gasteiger partial charge in [0.05, 0.1) is 24.4 Å². The van der Waals surface area contributed by atoms with Crippen molar-refractivity contribution in [1.29, 1.82) is 0 Å². The molecule has 156 valence electrons. The SMILES string of the molecule is CCOc1c(I)cc(C(=O)Nc2ccc(Oc3cccc(OC)c3)cc2)cc1OC. The number of halogens is 1. The molecule has 0 heterocycles. The zero-order valence-electron chi connectivity index (χ0n) is 16.9. The molecule has 30 heavy (non-hydrogen) atoms. The van der Waals surface area contributed by atoms with Crippen molar-refractivity contribution >= 4 is 34.2 Å². The molecule has 0 saturated heterocycles. The van der Waals surface area contributed by atoms with Crippen molar-refractivity contribution in [1.82, 2.24) is 0 Å². The molecule has 7 heteroatoms. The summed E-state index contributed by atoms with van der Waals surface area (Å²) in [6.45, 7) is 2.42. The molecule has 6 nitrogen and oxygen atoms in total. The fourth-order valence-electron chi connectivity index (χ4n) is 2.75. The number of benzene rings is 3. The van der Waals surface area contributed by atoms with Gasteiger partial charge in [0.25, 0.3) is 5.91 Å². The third-order valence-electron chi connectivity index (χ3n) is 4.17. The Bertz CT molecular complexity index is 1020. The van der Waals surface area contributed by atoms with E-state index >= 15 is 0 Å². The molecule has 3 aromatic rings. The Labute approximate surface area is 189 Å². The molecule has 0 spiro atoms. The van der Waals surface area contributed by atoms with Gasteiger partial charge in [-0.15, -0.1) is 0 Å². The van der Waals surface area contributed by atoms with Crippen LogP contribution < -0.4 is 24.3 Å². The first kappa shape index (κ1) is 21.8. The summed E-state index contributed by atoms with van der Waals surface area (Å²) >= 11 is 2.13. The van der Waals surface area contributed by atoms with Gasteiger partial charge in [0.2, 0.25) is 0 Å². The Hall–Kier alpha value is -2.94. The highest BCUT2D eigenvalue weighted by Gasteiger charge is 2.15. The Kier molecular flexibility index (Phi) is 7.40. The highest BCUT2D eigenvalue weighted by Crippen LogP contribution is 2.34. The van der Waals surface area contributed by atoms with Crippen LogP contribution in [0, 0.1) is 3.57 Å². The summed E-state index contributed by atoms with van der Waals surface area (Å²) < 4.78 is 22.8. The monoisotopic (exact) mass is 519 g/mol. The lowest BCUT2D eigenvalue weighted by Gasteiger charge is -2.13. The third kappa shape index (κ3) is 5.35. The summed E-state index contributed by atoms with van der Waals surface area (Å²) in [6.07, 6.45) is 0. The van der Waals surface area contributed by atoms with Crippen LogP contribution in [0.5, 0.6) is 28.7 Å². The zero-order chi connectivity index (χ0) is 21.5. The van der Waals surface area contributed by atoms with Gasteiger partial charge in [-0.05, 0) is 78.0 Å². The summed E-state index contributed by atoms with van der Waals surface area (Å²) in [5, 5.41) is 2.88. The molecule has 0 atom stereocenters. The molecular formula is C23H22INO5. The van der Waals surface area contributed by atoms with E-state index in [1.807, 2.05) is 25.1 Å². The van der Waals surface area contributed by atoms with E-state index < -0.39 is 0 Å². The Morgan fingerprint density at radius 2 is 1.67 bits per heavy atom. The van der Waals surface area contributed by atoms with Crippen LogP contribution in [0.15, 0.2) is 60.7 Å². The maximum Gasteiger partial charge on any atom is 0.255 e. The number of rotatable bonds is 8. The summed E-state index contributed by atoms with van der Waals surface area (Å²) in [4.78, 5) is 12.7. The number of nitrogens with one attached hydrogen (secondary N) is 1. The molecule has 0 saturated carbocycles. The van der Waals surface area contributed by atoms with E-state index in [2.05, 4.69) is 27.9 Å². The second-order valence-corrected chi connectivity index (χ2v) is 7.34. The molecule has 0 bridgehead atoms. The van der Waals surface area contributed by atoms with Crippen molar-refractivity contribution in [3.05, 3.63) is 69.8 Å². The minimum Gasteiger partial charge on any atom is -0.497 e. The van der Waals surface area contributed by atoms with Crippen molar-refractivity contribution in [2.75, 3.05) is 26.1 Å². The van der Waals surface area contributed by atoms with Gasteiger partial charge >= 0.3 is 0 Å². The van der Waals surface area contributed by atoms with Gasteiger partial charge in [-0.1, -0.05) is 6.07 Å². The summed E-state index contributed by atoms with van der Waals surface area (Å²) in [5.74, 6) is 2.96.